The van der Waals surface area contributed by atoms with Gasteiger partial charge in [-0.1, -0.05) is 6.07 Å². The molecule has 1 atom stereocenters. The van der Waals surface area contributed by atoms with Crippen molar-refractivity contribution in [1.82, 2.24) is 0 Å². The van der Waals surface area contributed by atoms with Crippen molar-refractivity contribution in [1.29, 1.82) is 0 Å². The first-order valence-corrected chi connectivity index (χ1v) is 5.68. The first-order valence-electron chi connectivity index (χ1n) is 4.88. The van der Waals surface area contributed by atoms with Gasteiger partial charge in [-0.2, -0.15) is 0 Å². The number of aliphatic hydroxyl groups excluding tert-OH is 1. The summed E-state index contributed by atoms with van der Waals surface area (Å²) in [5.41, 5.74) is 1.44. The Morgan fingerprint density at radius 3 is 2.50 bits per heavy atom. The van der Waals surface area contributed by atoms with Gasteiger partial charge in [0.25, 0.3) is 6.43 Å². The highest BCUT2D eigenvalue weighted by Crippen LogP contribution is 2.29. The molecule has 1 rings (SSSR count). The molecule has 0 saturated heterocycles. The number of hydrogen-bond acceptors (Lipinski definition) is 2. The molecule has 0 aromatic heterocycles. The monoisotopic (exact) mass is 293 g/mol. The molecule has 90 valence electrons. The Labute approximate surface area is 102 Å². The topological polar surface area (TPSA) is 23.5 Å². The zero-order valence-corrected chi connectivity index (χ0v) is 10.7. The third-order valence-corrected chi connectivity index (χ3v) is 2.91. The van der Waals surface area contributed by atoms with E-state index in [4.69, 9.17) is 0 Å². The third-order valence-electron chi connectivity index (χ3n) is 2.28. The molecule has 0 bridgehead atoms. The first kappa shape index (κ1) is 13.4. The van der Waals surface area contributed by atoms with Gasteiger partial charge in [-0.3, -0.25) is 0 Å². The highest BCUT2D eigenvalue weighted by Gasteiger charge is 2.12. The Balaban J connectivity index is 2.90. The fraction of sp³-hybridized carbons (Fsp3) is 0.455. The van der Waals surface area contributed by atoms with Gasteiger partial charge in [0.1, 0.15) is 0 Å². The third kappa shape index (κ3) is 3.42. The number of benzene rings is 1. The highest BCUT2D eigenvalue weighted by atomic mass is 79.9. The van der Waals surface area contributed by atoms with E-state index in [-0.39, 0.29) is 6.54 Å². The molecular formula is C11H14BrF2NO. The van der Waals surface area contributed by atoms with E-state index in [1.54, 1.807) is 32.2 Å². The maximum Gasteiger partial charge on any atom is 0.255 e. The minimum atomic E-state index is -2.37. The van der Waals surface area contributed by atoms with Crippen LogP contribution >= 0.6 is 15.9 Å². The smallest absolute Gasteiger partial charge is 0.255 e. The Kier molecular flexibility index (Phi) is 4.68. The highest BCUT2D eigenvalue weighted by molar-refractivity contribution is 9.10. The lowest BCUT2D eigenvalue weighted by Crippen LogP contribution is -2.24. The summed E-state index contributed by atoms with van der Waals surface area (Å²) in [4.78, 5) is 1.47. The lowest BCUT2D eigenvalue weighted by atomic mass is 10.1. The van der Waals surface area contributed by atoms with Gasteiger partial charge in [0, 0.05) is 11.5 Å². The van der Waals surface area contributed by atoms with E-state index in [0.29, 0.717) is 10.2 Å². The van der Waals surface area contributed by atoms with E-state index in [0.717, 1.165) is 5.56 Å². The zero-order chi connectivity index (χ0) is 12.3. The summed E-state index contributed by atoms with van der Waals surface area (Å²) in [6.45, 7) is 1.34. The second kappa shape index (κ2) is 5.59. The summed E-state index contributed by atoms with van der Waals surface area (Å²) in [5, 5.41) is 9.37. The van der Waals surface area contributed by atoms with Crippen molar-refractivity contribution in [2.45, 2.75) is 19.5 Å². The van der Waals surface area contributed by atoms with Crippen LogP contribution in [-0.2, 0) is 0 Å². The Morgan fingerprint density at radius 2 is 2.06 bits per heavy atom. The van der Waals surface area contributed by atoms with Gasteiger partial charge < -0.3 is 10.0 Å². The van der Waals surface area contributed by atoms with Crippen LogP contribution in [0.4, 0.5) is 14.5 Å². The standard InChI is InChI=1S/C11H14BrF2NO/c1-7(16)8-3-4-10(9(12)5-8)15(2)6-11(13)14/h3-5,7,11,16H,6H2,1-2H3. The van der Waals surface area contributed by atoms with Crippen LogP contribution in [0.5, 0.6) is 0 Å². The van der Waals surface area contributed by atoms with Crippen LogP contribution in [0.3, 0.4) is 0 Å². The summed E-state index contributed by atoms with van der Waals surface area (Å²) < 4.78 is 25.1. The molecule has 0 heterocycles. The predicted octanol–water partition coefficient (Wildman–Crippen LogP) is 3.20. The molecule has 0 aliphatic carbocycles. The molecule has 1 N–H and O–H groups in total. The fourth-order valence-electron chi connectivity index (χ4n) is 1.40. The number of hydrogen-bond donors (Lipinski definition) is 1. The van der Waals surface area contributed by atoms with Crippen molar-refractivity contribution in [2.75, 3.05) is 18.5 Å². The van der Waals surface area contributed by atoms with E-state index < -0.39 is 12.5 Å². The average molecular weight is 294 g/mol. The molecule has 1 unspecified atom stereocenters. The Morgan fingerprint density at radius 1 is 1.44 bits per heavy atom. The van der Waals surface area contributed by atoms with Crippen molar-refractivity contribution in [3.05, 3.63) is 28.2 Å². The summed E-state index contributed by atoms with van der Waals surface area (Å²) in [6, 6.07) is 5.18. The number of halogens is 3. The SMILES string of the molecule is CC(O)c1ccc(N(C)CC(F)F)c(Br)c1. The molecule has 0 amide bonds. The number of nitrogens with zero attached hydrogens (tertiary/aromatic N) is 1. The van der Waals surface area contributed by atoms with Crippen LogP contribution in [0.25, 0.3) is 0 Å². The largest absolute Gasteiger partial charge is 0.389 e. The molecule has 0 spiro atoms. The normalized spacial score (nSPS) is 12.9. The van der Waals surface area contributed by atoms with Crippen LogP contribution in [0.2, 0.25) is 0 Å². The maximum atomic E-state index is 12.2. The molecule has 16 heavy (non-hydrogen) atoms. The Hall–Kier alpha value is -0.680. The van der Waals surface area contributed by atoms with E-state index in [1.165, 1.54) is 4.90 Å². The molecule has 0 fully saturated rings. The second-order valence-electron chi connectivity index (χ2n) is 3.66. The van der Waals surface area contributed by atoms with Crippen molar-refractivity contribution in [3.63, 3.8) is 0 Å². The molecule has 2 nitrogen and oxygen atoms in total. The van der Waals surface area contributed by atoms with Crippen LogP contribution in [0.1, 0.15) is 18.6 Å². The van der Waals surface area contributed by atoms with Crippen molar-refractivity contribution < 1.29 is 13.9 Å². The first-order chi connectivity index (χ1) is 7.41. The second-order valence-corrected chi connectivity index (χ2v) is 4.51. The van der Waals surface area contributed by atoms with Gasteiger partial charge in [0.05, 0.1) is 18.3 Å². The van der Waals surface area contributed by atoms with Gasteiger partial charge in [0.15, 0.2) is 0 Å². The molecule has 0 saturated carbocycles. The summed E-state index contributed by atoms with van der Waals surface area (Å²) >= 11 is 3.31. The van der Waals surface area contributed by atoms with E-state index in [1.807, 2.05) is 0 Å². The van der Waals surface area contributed by atoms with Gasteiger partial charge in [-0.15, -0.1) is 0 Å². The molecule has 0 aliphatic rings. The van der Waals surface area contributed by atoms with Gasteiger partial charge >= 0.3 is 0 Å². The molecule has 1 aromatic carbocycles. The summed E-state index contributed by atoms with van der Waals surface area (Å²) in [5.74, 6) is 0. The van der Waals surface area contributed by atoms with Crippen molar-refractivity contribution in [3.8, 4) is 0 Å². The minimum Gasteiger partial charge on any atom is -0.389 e. The zero-order valence-electron chi connectivity index (χ0n) is 9.12. The van der Waals surface area contributed by atoms with Crippen LogP contribution in [-0.4, -0.2) is 25.1 Å². The fourth-order valence-corrected chi connectivity index (χ4v) is 2.10. The van der Waals surface area contributed by atoms with Crippen LogP contribution < -0.4 is 4.90 Å². The number of alkyl halides is 2. The molecule has 0 aliphatic heterocycles. The number of rotatable bonds is 4. The van der Waals surface area contributed by atoms with E-state index >= 15 is 0 Å². The van der Waals surface area contributed by atoms with Gasteiger partial charge in [-0.25, -0.2) is 8.78 Å². The summed E-state index contributed by atoms with van der Waals surface area (Å²) in [7, 11) is 1.61. The summed E-state index contributed by atoms with van der Waals surface area (Å²) in [6.07, 6.45) is -2.93. The van der Waals surface area contributed by atoms with Gasteiger partial charge in [0.2, 0.25) is 0 Å². The average Bonchev–Trinajstić information content (AvgIpc) is 2.15. The van der Waals surface area contributed by atoms with Crippen LogP contribution in [0, 0.1) is 0 Å². The van der Waals surface area contributed by atoms with Crippen molar-refractivity contribution >= 4 is 21.6 Å². The van der Waals surface area contributed by atoms with Crippen LogP contribution in [0.15, 0.2) is 22.7 Å². The molecule has 0 radical (unpaired) electrons. The van der Waals surface area contributed by atoms with Gasteiger partial charge in [-0.05, 0) is 40.5 Å². The van der Waals surface area contributed by atoms with E-state index in [2.05, 4.69) is 15.9 Å². The van der Waals surface area contributed by atoms with Crippen molar-refractivity contribution in [2.24, 2.45) is 0 Å². The van der Waals surface area contributed by atoms with E-state index in [9.17, 15) is 13.9 Å². The quantitative estimate of drug-likeness (QED) is 0.921. The predicted molar refractivity (Wildman–Crippen MR) is 64.0 cm³/mol. The molecule has 1 aromatic rings. The minimum absolute atomic E-state index is 0.313. The molecule has 5 heteroatoms. The maximum absolute atomic E-state index is 12.2. The lowest BCUT2D eigenvalue weighted by Gasteiger charge is -2.21. The lowest BCUT2D eigenvalue weighted by molar-refractivity contribution is 0.156. The number of aliphatic hydroxyl groups is 1. The Bertz CT molecular complexity index is 358. The number of anilines is 1. The molecular weight excluding hydrogens is 280 g/mol.